The average molecular weight is 402 g/mol. The quantitative estimate of drug-likeness (QED) is 0.703. The highest BCUT2D eigenvalue weighted by Crippen LogP contribution is 2.34. The number of rotatable bonds is 4. The molecule has 1 aliphatic carbocycles. The van der Waals surface area contributed by atoms with Gasteiger partial charge < -0.3 is 5.32 Å². The fourth-order valence-corrected chi connectivity index (χ4v) is 4.65. The molecular formula is C26H31N3O. The van der Waals surface area contributed by atoms with E-state index in [0.717, 1.165) is 22.4 Å². The van der Waals surface area contributed by atoms with E-state index in [1.807, 2.05) is 31.2 Å². The molecule has 1 N–H and O–H groups in total. The molecule has 4 heteroatoms. The number of carbonyl (C=O) groups is 1. The fraction of sp³-hybridized carbons (Fsp3) is 0.423. The van der Waals surface area contributed by atoms with Crippen LogP contribution in [-0.2, 0) is 6.54 Å². The number of amides is 1. The van der Waals surface area contributed by atoms with Crippen LogP contribution in [0.4, 0.5) is 0 Å². The van der Waals surface area contributed by atoms with E-state index in [0.29, 0.717) is 23.9 Å². The molecule has 2 aromatic carbocycles. The molecule has 4 nitrogen and oxygen atoms in total. The maximum Gasteiger partial charge on any atom is 0.251 e. The molecule has 1 fully saturated rings. The number of nitrogens with one attached hydrogen (secondary N) is 1. The van der Waals surface area contributed by atoms with E-state index in [2.05, 4.69) is 46.7 Å². The van der Waals surface area contributed by atoms with Crippen molar-refractivity contribution in [2.45, 2.75) is 58.9 Å². The second kappa shape index (κ2) is 9.38. The third kappa shape index (κ3) is 4.69. The van der Waals surface area contributed by atoms with E-state index >= 15 is 0 Å². The smallest absolute Gasteiger partial charge is 0.251 e. The van der Waals surface area contributed by atoms with Crippen molar-refractivity contribution in [1.82, 2.24) is 5.32 Å². The van der Waals surface area contributed by atoms with Crippen molar-refractivity contribution in [3.63, 3.8) is 0 Å². The zero-order valence-corrected chi connectivity index (χ0v) is 18.0. The van der Waals surface area contributed by atoms with Crippen LogP contribution in [0.25, 0.3) is 0 Å². The summed E-state index contributed by atoms with van der Waals surface area (Å²) >= 11 is 0. The molecule has 30 heavy (non-hydrogen) atoms. The van der Waals surface area contributed by atoms with Gasteiger partial charge in [-0.1, -0.05) is 67.6 Å². The van der Waals surface area contributed by atoms with Crippen molar-refractivity contribution in [1.29, 1.82) is 0 Å². The van der Waals surface area contributed by atoms with Gasteiger partial charge in [-0.3, -0.25) is 4.79 Å². The minimum Gasteiger partial charge on any atom is -0.348 e. The van der Waals surface area contributed by atoms with Gasteiger partial charge in [-0.15, -0.1) is 0 Å². The van der Waals surface area contributed by atoms with Crippen molar-refractivity contribution in [3.8, 4) is 0 Å². The second-order valence-corrected chi connectivity index (χ2v) is 8.68. The topological polar surface area (TPSA) is 53.8 Å². The third-order valence-corrected chi connectivity index (χ3v) is 6.49. The van der Waals surface area contributed by atoms with E-state index in [9.17, 15) is 4.79 Å². The minimum absolute atomic E-state index is 0.0436. The molecule has 1 aliphatic heterocycles. The fourth-order valence-electron chi connectivity index (χ4n) is 4.65. The summed E-state index contributed by atoms with van der Waals surface area (Å²) in [5.41, 5.74) is 6.43. The molecule has 0 radical (unpaired) electrons. The van der Waals surface area contributed by atoms with Gasteiger partial charge in [0.05, 0.1) is 5.71 Å². The van der Waals surface area contributed by atoms with Crippen LogP contribution in [0.2, 0.25) is 0 Å². The molecule has 0 saturated heterocycles. The van der Waals surface area contributed by atoms with Gasteiger partial charge >= 0.3 is 0 Å². The number of hydrogen-bond donors (Lipinski definition) is 1. The first-order chi connectivity index (χ1) is 14.6. The highest BCUT2D eigenvalue weighted by Gasteiger charge is 2.32. The van der Waals surface area contributed by atoms with Crippen LogP contribution in [-0.4, -0.2) is 17.3 Å². The van der Waals surface area contributed by atoms with Crippen LogP contribution in [0.1, 0.15) is 72.5 Å². The Bertz CT molecular complexity index is 941. The Morgan fingerprint density at radius 1 is 0.867 bits per heavy atom. The molecule has 156 valence electrons. The van der Waals surface area contributed by atoms with Gasteiger partial charge in [-0.2, -0.15) is 10.2 Å². The zero-order chi connectivity index (χ0) is 20.9. The van der Waals surface area contributed by atoms with E-state index < -0.39 is 0 Å². The lowest BCUT2D eigenvalue weighted by Gasteiger charge is -2.32. The summed E-state index contributed by atoms with van der Waals surface area (Å²) in [6.45, 7) is 4.67. The van der Waals surface area contributed by atoms with Gasteiger partial charge in [0.2, 0.25) is 0 Å². The van der Waals surface area contributed by atoms with Crippen LogP contribution in [0.3, 0.4) is 0 Å². The lowest BCUT2D eigenvalue weighted by Crippen LogP contribution is -2.33. The Morgan fingerprint density at radius 2 is 1.53 bits per heavy atom. The largest absolute Gasteiger partial charge is 0.348 e. The Hall–Kier alpha value is -2.75. The summed E-state index contributed by atoms with van der Waals surface area (Å²) in [6, 6.07) is 16.1. The number of benzene rings is 2. The molecule has 1 heterocycles. The zero-order valence-electron chi connectivity index (χ0n) is 18.0. The Morgan fingerprint density at radius 3 is 2.23 bits per heavy atom. The number of carbonyl (C=O) groups excluding carboxylic acids is 1. The number of hydrogen-bond acceptors (Lipinski definition) is 3. The molecular weight excluding hydrogens is 370 g/mol. The van der Waals surface area contributed by atoms with Gasteiger partial charge in [0.15, 0.2) is 0 Å². The third-order valence-electron chi connectivity index (χ3n) is 6.49. The molecule has 0 bridgehead atoms. The van der Waals surface area contributed by atoms with E-state index in [1.165, 1.54) is 44.2 Å². The summed E-state index contributed by atoms with van der Waals surface area (Å²) in [5.74, 6) is 0.971. The molecule has 2 atom stereocenters. The van der Waals surface area contributed by atoms with E-state index in [-0.39, 0.29) is 5.91 Å². The molecule has 0 aromatic heterocycles. The number of nitrogens with zero attached hydrogens (tertiary/aromatic N) is 2. The Kier molecular flexibility index (Phi) is 6.41. The van der Waals surface area contributed by atoms with Crippen molar-refractivity contribution in [2.75, 3.05) is 0 Å². The van der Waals surface area contributed by atoms with Crippen molar-refractivity contribution >= 4 is 17.3 Å². The van der Waals surface area contributed by atoms with Gasteiger partial charge in [0.25, 0.3) is 5.91 Å². The lowest BCUT2D eigenvalue weighted by atomic mass is 9.74. The second-order valence-electron chi connectivity index (χ2n) is 8.68. The van der Waals surface area contributed by atoms with Gasteiger partial charge in [-0.05, 0) is 49.9 Å². The highest BCUT2D eigenvalue weighted by molar-refractivity contribution is 6.06. The van der Waals surface area contributed by atoms with Gasteiger partial charge in [0, 0.05) is 29.7 Å². The van der Waals surface area contributed by atoms with Crippen LogP contribution in [0.15, 0.2) is 58.7 Å². The summed E-state index contributed by atoms with van der Waals surface area (Å²) < 4.78 is 0. The van der Waals surface area contributed by atoms with Gasteiger partial charge in [0.1, 0.15) is 0 Å². The standard InChI is InChI=1S/C26H31N3O/c1-18-9-13-22(14-10-18)26(30)27-17-20-11-15-21(16-12-20)25-24-8-6-4-3-5-7-23(24)19(2)28-29-25/h9-16,23-24H,3-8,17H2,1-2H3,(H,27,30). The molecule has 4 rings (SSSR count). The molecule has 0 spiro atoms. The Balaban J connectivity index is 1.43. The summed E-state index contributed by atoms with van der Waals surface area (Å²) in [6.07, 6.45) is 7.66. The van der Waals surface area contributed by atoms with Gasteiger partial charge in [-0.25, -0.2) is 0 Å². The molecule has 2 aliphatic rings. The predicted molar refractivity (Wildman–Crippen MR) is 123 cm³/mol. The first-order valence-corrected chi connectivity index (χ1v) is 11.2. The molecule has 1 saturated carbocycles. The molecule has 2 unspecified atom stereocenters. The van der Waals surface area contributed by atoms with Crippen LogP contribution in [0, 0.1) is 18.8 Å². The summed E-state index contributed by atoms with van der Waals surface area (Å²) in [5, 5.41) is 12.1. The Labute approximate surface area is 179 Å². The van der Waals surface area contributed by atoms with E-state index in [1.54, 1.807) is 0 Å². The average Bonchev–Trinajstić information content (AvgIpc) is 2.74. The predicted octanol–water partition coefficient (Wildman–Crippen LogP) is 5.69. The summed E-state index contributed by atoms with van der Waals surface area (Å²) in [7, 11) is 0. The maximum atomic E-state index is 12.3. The monoisotopic (exact) mass is 401 g/mol. The normalized spacial score (nSPS) is 21.5. The van der Waals surface area contributed by atoms with Crippen LogP contribution in [0.5, 0.6) is 0 Å². The first kappa shape index (κ1) is 20.5. The number of aryl methyl sites for hydroxylation is 1. The van der Waals surface area contributed by atoms with Crippen LogP contribution >= 0.6 is 0 Å². The van der Waals surface area contributed by atoms with Crippen molar-refractivity contribution < 1.29 is 4.79 Å². The van der Waals surface area contributed by atoms with Crippen molar-refractivity contribution in [2.24, 2.45) is 22.0 Å². The number of fused-ring (bicyclic) bond motifs is 1. The highest BCUT2D eigenvalue weighted by atomic mass is 16.1. The van der Waals surface area contributed by atoms with E-state index in [4.69, 9.17) is 0 Å². The first-order valence-electron chi connectivity index (χ1n) is 11.2. The molecule has 1 amide bonds. The minimum atomic E-state index is -0.0436. The van der Waals surface area contributed by atoms with Crippen LogP contribution < -0.4 is 5.32 Å². The molecule has 2 aromatic rings. The maximum absolute atomic E-state index is 12.3. The van der Waals surface area contributed by atoms with Crippen molar-refractivity contribution in [3.05, 3.63) is 70.8 Å². The summed E-state index contributed by atoms with van der Waals surface area (Å²) in [4.78, 5) is 12.3. The SMILES string of the molecule is CC1=NN=C(c2ccc(CNC(=O)c3ccc(C)cc3)cc2)C2CCCCCCC12. The lowest BCUT2D eigenvalue weighted by molar-refractivity contribution is 0.0951.